The van der Waals surface area contributed by atoms with Gasteiger partial charge in [0.15, 0.2) is 0 Å². The third-order valence-corrected chi connectivity index (χ3v) is 2.56. The molecule has 22 heavy (non-hydrogen) atoms. The van der Waals surface area contributed by atoms with E-state index < -0.39 is 25.1 Å². The van der Waals surface area contributed by atoms with Crippen LogP contribution in [0.4, 0.5) is 22.0 Å². The molecule has 1 aromatic heterocycles. The first-order valence-corrected chi connectivity index (χ1v) is 5.89. The Morgan fingerprint density at radius 3 is 2.55 bits per heavy atom. The summed E-state index contributed by atoms with van der Waals surface area (Å²) in [6.45, 7) is -0.635. The normalized spacial score (nSPS) is 11.5. The molecule has 0 saturated heterocycles. The Morgan fingerprint density at radius 1 is 1.23 bits per heavy atom. The topological polar surface area (TPSA) is 50.8 Å². The van der Waals surface area contributed by atoms with Crippen LogP contribution in [0.2, 0.25) is 0 Å². The third-order valence-electron chi connectivity index (χ3n) is 2.56. The molecule has 2 aromatic rings. The van der Waals surface area contributed by atoms with Crippen LogP contribution >= 0.6 is 0 Å². The summed E-state index contributed by atoms with van der Waals surface area (Å²) in [6, 6.07) is 5.00. The van der Waals surface area contributed by atoms with E-state index in [1.165, 1.54) is 18.5 Å². The van der Waals surface area contributed by atoms with Gasteiger partial charge in [0.25, 0.3) is 6.43 Å². The van der Waals surface area contributed by atoms with Crippen molar-refractivity contribution in [3.63, 3.8) is 0 Å². The second-order valence-electron chi connectivity index (χ2n) is 4.25. The molecule has 0 N–H and O–H groups in total. The van der Waals surface area contributed by atoms with Gasteiger partial charge in [-0.3, -0.25) is 4.68 Å². The quantitative estimate of drug-likeness (QED) is 0.810. The Kier molecular flexibility index (Phi) is 4.30. The van der Waals surface area contributed by atoms with Crippen LogP contribution in [0.1, 0.15) is 5.56 Å². The molecule has 9 heteroatoms. The minimum Gasteiger partial charge on any atom is -0.406 e. The van der Waals surface area contributed by atoms with Crippen molar-refractivity contribution in [2.24, 2.45) is 0 Å². The van der Waals surface area contributed by atoms with Crippen molar-refractivity contribution in [2.45, 2.75) is 19.3 Å². The Morgan fingerprint density at radius 2 is 1.95 bits per heavy atom. The maximum absolute atomic E-state index is 12.3. The number of halogens is 5. The van der Waals surface area contributed by atoms with Crippen LogP contribution < -0.4 is 4.74 Å². The van der Waals surface area contributed by atoms with Gasteiger partial charge in [0, 0.05) is 11.8 Å². The van der Waals surface area contributed by atoms with Gasteiger partial charge in [-0.15, -0.1) is 13.2 Å². The van der Waals surface area contributed by atoms with Crippen molar-refractivity contribution in [2.75, 3.05) is 0 Å². The van der Waals surface area contributed by atoms with Crippen molar-refractivity contribution >= 4 is 0 Å². The molecule has 0 aliphatic heterocycles. The van der Waals surface area contributed by atoms with Crippen LogP contribution in [-0.2, 0) is 6.54 Å². The van der Waals surface area contributed by atoms with Crippen molar-refractivity contribution < 1.29 is 26.7 Å². The van der Waals surface area contributed by atoms with E-state index >= 15 is 0 Å². The van der Waals surface area contributed by atoms with Gasteiger partial charge in [-0.05, 0) is 23.8 Å². The van der Waals surface area contributed by atoms with E-state index in [0.717, 1.165) is 16.8 Å². The fourth-order valence-corrected chi connectivity index (χ4v) is 1.78. The summed E-state index contributed by atoms with van der Waals surface area (Å²) in [5, 5.41) is 12.5. The largest absolute Gasteiger partial charge is 0.573 e. The van der Waals surface area contributed by atoms with E-state index in [-0.39, 0.29) is 11.1 Å². The van der Waals surface area contributed by atoms with E-state index in [9.17, 15) is 22.0 Å². The molecule has 1 aromatic carbocycles. The molecule has 0 aliphatic carbocycles. The highest BCUT2D eigenvalue weighted by molar-refractivity contribution is 5.66. The highest BCUT2D eigenvalue weighted by Crippen LogP contribution is 2.29. The Balaban J connectivity index is 2.36. The van der Waals surface area contributed by atoms with Gasteiger partial charge in [0.1, 0.15) is 12.3 Å². The molecule has 2 rings (SSSR count). The fourth-order valence-electron chi connectivity index (χ4n) is 1.78. The Bertz CT molecular complexity index is 702. The molecule has 1 heterocycles. The van der Waals surface area contributed by atoms with E-state index in [4.69, 9.17) is 5.26 Å². The van der Waals surface area contributed by atoms with Crippen molar-refractivity contribution in [1.29, 1.82) is 5.26 Å². The van der Waals surface area contributed by atoms with Gasteiger partial charge < -0.3 is 4.74 Å². The molecule has 0 amide bonds. The summed E-state index contributed by atoms with van der Waals surface area (Å²) < 4.78 is 66.0. The number of hydrogen-bond acceptors (Lipinski definition) is 3. The van der Waals surface area contributed by atoms with Crippen molar-refractivity contribution in [3.05, 3.63) is 36.2 Å². The van der Waals surface area contributed by atoms with Crippen LogP contribution in [0, 0.1) is 11.3 Å². The summed E-state index contributed by atoms with van der Waals surface area (Å²) in [7, 11) is 0. The minimum atomic E-state index is -4.90. The second-order valence-corrected chi connectivity index (χ2v) is 4.25. The van der Waals surface area contributed by atoms with Crippen LogP contribution in [0.5, 0.6) is 5.75 Å². The lowest BCUT2D eigenvalue weighted by atomic mass is 10.1. The van der Waals surface area contributed by atoms with Crippen LogP contribution in [0.3, 0.4) is 0 Å². The first kappa shape index (κ1) is 15.8. The van der Waals surface area contributed by atoms with Crippen LogP contribution in [0.15, 0.2) is 30.6 Å². The summed E-state index contributed by atoms with van der Waals surface area (Å²) in [6.07, 6.45) is -5.04. The number of aromatic nitrogens is 2. The average Bonchev–Trinajstić information content (AvgIpc) is 2.84. The molecule has 0 saturated carbocycles. The number of alkyl halides is 5. The van der Waals surface area contributed by atoms with Crippen LogP contribution in [0.25, 0.3) is 11.1 Å². The zero-order chi connectivity index (χ0) is 16.3. The number of nitrogens with zero attached hydrogens (tertiary/aromatic N) is 3. The van der Waals surface area contributed by atoms with Gasteiger partial charge in [-0.1, -0.05) is 0 Å². The van der Waals surface area contributed by atoms with E-state index in [2.05, 4.69) is 9.84 Å². The predicted octanol–water partition coefficient (Wildman–Crippen LogP) is 3.59. The summed E-state index contributed by atoms with van der Waals surface area (Å²) in [4.78, 5) is 0. The SMILES string of the molecule is N#Cc1cc(OC(F)(F)F)cc(-c2cnn(CC(F)F)c2)c1. The summed E-state index contributed by atoms with van der Waals surface area (Å²) in [5.74, 6) is -0.567. The molecule has 0 unspecified atom stereocenters. The fraction of sp³-hybridized carbons (Fsp3) is 0.231. The van der Waals surface area contributed by atoms with E-state index in [0.29, 0.717) is 5.56 Å². The van der Waals surface area contributed by atoms with Gasteiger partial charge in [0.2, 0.25) is 0 Å². The lowest BCUT2D eigenvalue weighted by Crippen LogP contribution is -2.17. The zero-order valence-corrected chi connectivity index (χ0v) is 10.8. The number of ether oxygens (including phenoxy) is 1. The predicted molar refractivity (Wildman–Crippen MR) is 65.1 cm³/mol. The summed E-state index contributed by atoms with van der Waals surface area (Å²) in [5.41, 5.74) is 0.446. The van der Waals surface area contributed by atoms with E-state index in [1.807, 2.05) is 0 Å². The maximum atomic E-state index is 12.3. The van der Waals surface area contributed by atoms with Gasteiger partial charge in [-0.2, -0.15) is 10.4 Å². The Hall–Kier alpha value is -2.63. The maximum Gasteiger partial charge on any atom is 0.573 e. The molecule has 0 aliphatic rings. The number of nitriles is 1. The van der Waals surface area contributed by atoms with Gasteiger partial charge >= 0.3 is 6.36 Å². The first-order chi connectivity index (χ1) is 10.3. The molecule has 4 nitrogen and oxygen atoms in total. The first-order valence-electron chi connectivity index (χ1n) is 5.89. The van der Waals surface area contributed by atoms with E-state index in [1.54, 1.807) is 6.07 Å². The van der Waals surface area contributed by atoms with Crippen molar-refractivity contribution in [3.8, 4) is 22.9 Å². The standard InChI is InChI=1S/C13H8F5N3O/c14-12(15)7-21-6-10(5-20-21)9-1-8(4-19)2-11(3-9)22-13(16,17)18/h1-3,5-6,12H,7H2. The highest BCUT2D eigenvalue weighted by Gasteiger charge is 2.31. The number of hydrogen-bond donors (Lipinski definition) is 0. The number of rotatable bonds is 4. The second kappa shape index (κ2) is 6.01. The molecule has 0 spiro atoms. The van der Waals surface area contributed by atoms with Crippen molar-refractivity contribution in [1.82, 2.24) is 9.78 Å². The molecular formula is C13H8F5N3O. The molecule has 0 atom stereocenters. The molecule has 116 valence electrons. The molecular weight excluding hydrogens is 309 g/mol. The highest BCUT2D eigenvalue weighted by atomic mass is 19.4. The third kappa shape index (κ3) is 4.18. The Labute approximate surface area is 121 Å². The smallest absolute Gasteiger partial charge is 0.406 e. The molecule has 0 radical (unpaired) electrons. The summed E-state index contributed by atoms with van der Waals surface area (Å²) >= 11 is 0. The molecule has 0 bridgehead atoms. The number of benzene rings is 1. The lowest BCUT2D eigenvalue weighted by Gasteiger charge is -2.10. The zero-order valence-electron chi connectivity index (χ0n) is 10.8. The van der Waals surface area contributed by atoms with Crippen LogP contribution in [-0.4, -0.2) is 22.6 Å². The average molecular weight is 317 g/mol. The van der Waals surface area contributed by atoms with Gasteiger partial charge in [-0.25, -0.2) is 8.78 Å². The minimum absolute atomic E-state index is 0.0571. The lowest BCUT2D eigenvalue weighted by molar-refractivity contribution is -0.274. The van der Waals surface area contributed by atoms with Gasteiger partial charge in [0.05, 0.1) is 17.8 Å². The monoisotopic (exact) mass is 317 g/mol. The molecule has 0 fully saturated rings.